The van der Waals surface area contributed by atoms with Crippen molar-refractivity contribution in [2.24, 2.45) is 0 Å². The minimum atomic E-state index is -0.0642. The van der Waals surface area contributed by atoms with E-state index in [0.29, 0.717) is 12.2 Å². The number of amides is 1. The number of nitrogens with two attached hydrogens (primary N) is 1. The molecule has 1 heterocycles. The number of thiophene rings is 1. The molecule has 0 aliphatic heterocycles. The van der Waals surface area contributed by atoms with E-state index in [4.69, 9.17) is 5.73 Å². The molecule has 3 rings (SSSR count). The summed E-state index contributed by atoms with van der Waals surface area (Å²) >= 11 is 1.58. The third kappa shape index (κ3) is 2.38. The molecule has 3 aromatic rings. The third-order valence-corrected chi connectivity index (χ3v) is 4.18. The Balaban J connectivity index is 1.79. The molecule has 0 aliphatic carbocycles. The highest BCUT2D eigenvalue weighted by Gasteiger charge is 2.11. The minimum absolute atomic E-state index is 0.0642. The van der Waals surface area contributed by atoms with Gasteiger partial charge in [-0.25, -0.2) is 0 Å². The first-order chi connectivity index (χ1) is 9.75. The second-order valence-electron chi connectivity index (χ2n) is 4.53. The van der Waals surface area contributed by atoms with Crippen LogP contribution in [0.4, 0.5) is 5.69 Å². The summed E-state index contributed by atoms with van der Waals surface area (Å²) < 4.78 is 1.12. The van der Waals surface area contributed by atoms with Gasteiger partial charge in [0.2, 0.25) is 0 Å². The lowest BCUT2D eigenvalue weighted by atomic mass is 10.1. The van der Waals surface area contributed by atoms with Crippen molar-refractivity contribution in [3.05, 3.63) is 65.0 Å². The first-order valence-electron chi connectivity index (χ1n) is 6.33. The molecule has 0 bridgehead atoms. The Morgan fingerprint density at radius 2 is 1.85 bits per heavy atom. The number of para-hydroxylation sites is 1. The SMILES string of the molecule is Nc1ccccc1CNC(=O)c1csc2ccccc12. The Morgan fingerprint density at radius 1 is 1.10 bits per heavy atom. The highest BCUT2D eigenvalue weighted by Crippen LogP contribution is 2.25. The number of benzene rings is 2. The average molecular weight is 282 g/mol. The van der Waals surface area contributed by atoms with Crippen LogP contribution in [0, 0.1) is 0 Å². The van der Waals surface area contributed by atoms with Crippen LogP contribution in [0.1, 0.15) is 15.9 Å². The van der Waals surface area contributed by atoms with Crippen LogP contribution in [0.3, 0.4) is 0 Å². The molecule has 1 amide bonds. The first kappa shape index (κ1) is 12.7. The van der Waals surface area contributed by atoms with Crippen LogP contribution < -0.4 is 11.1 Å². The lowest BCUT2D eigenvalue weighted by Gasteiger charge is -2.07. The van der Waals surface area contributed by atoms with Crippen LogP contribution in [-0.4, -0.2) is 5.91 Å². The van der Waals surface area contributed by atoms with Crippen LogP contribution in [0.2, 0.25) is 0 Å². The van der Waals surface area contributed by atoms with Gasteiger partial charge in [-0.3, -0.25) is 4.79 Å². The number of carbonyl (C=O) groups is 1. The van der Waals surface area contributed by atoms with Gasteiger partial charge < -0.3 is 11.1 Å². The summed E-state index contributed by atoms with van der Waals surface area (Å²) in [5.41, 5.74) is 8.22. The van der Waals surface area contributed by atoms with Gasteiger partial charge in [-0.1, -0.05) is 36.4 Å². The second-order valence-corrected chi connectivity index (χ2v) is 5.44. The standard InChI is InChI=1S/C16H14N2OS/c17-14-7-3-1-5-11(14)9-18-16(19)13-10-20-15-8-4-2-6-12(13)15/h1-8,10H,9,17H2,(H,18,19). The molecule has 0 saturated carbocycles. The van der Waals surface area contributed by atoms with E-state index in [9.17, 15) is 4.79 Å². The van der Waals surface area contributed by atoms with Gasteiger partial charge in [0, 0.05) is 27.7 Å². The van der Waals surface area contributed by atoms with E-state index in [0.717, 1.165) is 21.2 Å². The molecule has 20 heavy (non-hydrogen) atoms. The van der Waals surface area contributed by atoms with E-state index in [2.05, 4.69) is 5.32 Å². The molecule has 100 valence electrons. The van der Waals surface area contributed by atoms with Crippen molar-refractivity contribution in [3.8, 4) is 0 Å². The molecule has 3 nitrogen and oxygen atoms in total. The van der Waals surface area contributed by atoms with Gasteiger partial charge >= 0.3 is 0 Å². The summed E-state index contributed by atoms with van der Waals surface area (Å²) in [6.07, 6.45) is 0. The summed E-state index contributed by atoms with van der Waals surface area (Å²) in [4.78, 5) is 12.3. The molecular weight excluding hydrogens is 268 g/mol. The van der Waals surface area contributed by atoms with Gasteiger partial charge in [-0.2, -0.15) is 0 Å². The Hall–Kier alpha value is -2.33. The van der Waals surface area contributed by atoms with Crippen LogP contribution in [-0.2, 0) is 6.54 Å². The minimum Gasteiger partial charge on any atom is -0.398 e. The Morgan fingerprint density at radius 3 is 2.70 bits per heavy atom. The van der Waals surface area contributed by atoms with E-state index >= 15 is 0 Å². The summed E-state index contributed by atoms with van der Waals surface area (Å²) in [6.45, 7) is 0.440. The highest BCUT2D eigenvalue weighted by molar-refractivity contribution is 7.17. The van der Waals surface area contributed by atoms with Crippen molar-refractivity contribution in [2.75, 3.05) is 5.73 Å². The van der Waals surface area contributed by atoms with Crippen LogP contribution in [0.15, 0.2) is 53.9 Å². The zero-order chi connectivity index (χ0) is 13.9. The molecule has 0 saturated heterocycles. The van der Waals surface area contributed by atoms with Crippen LogP contribution in [0.5, 0.6) is 0 Å². The molecule has 0 aliphatic rings. The number of fused-ring (bicyclic) bond motifs is 1. The number of carbonyl (C=O) groups excluding carboxylic acids is 1. The lowest BCUT2D eigenvalue weighted by molar-refractivity contribution is 0.0953. The summed E-state index contributed by atoms with van der Waals surface area (Å²) in [5, 5.41) is 5.82. The summed E-state index contributed by atoms with van der Waals surface area (Å²) in [5.74, 6) is -0.0642. The smallest absolute Gasteiger partial charge is 0.253 e. The third-order valence-electron chi connectivity index (χ3n) is 3.22. The second kappa shape index (κ2) is 5.35. The van der Waals surface area contributed by atoms with Gasteiger partial charge in [0.25, 0.3) is 5.91 Å². The summed E-state index contributed by atoms with van der Waals surface area (Å²) in [6, 6.07) is 15.5. The molecule has 0 fully saturated rings. The Labute approximate surface area is 121 Å². The average Bonchev–Trinajstić information content (AvgIpc) is 2.90. The van der Waals surface area contributed by atoms with E-state index in [-0.39, 0.29) is 5.91 Å². The largest absolute Gasteiger partial charge is 0.398 e. The summed E-state index contributed by atoms with van der Waals surface area (Å²) in [7, 11) is 0. The molecule has 0 spiro atoms. The number of anilines is 1. The molecule has 4 heteroatoms. The first-order valence-corrected chi connectivity index (χ1v) is 7.21. The molecule has 3 N–H and O–H groups in total. The topological polar surface area (TPSA) is 55.1 Å². The van der Waals surface area contributed by atoms with Gasteiger partial charge in [-0.15, -0.1) is 11.3 Å². The van der Waals surface area contributed by atoms with Crippen molar-refractivity contribution in [1.82, 2.24) is 5.32 Å². The molecular formula is C16H14N2OS. The number of rotatable bonds is 3. The lowest BCUT2D eigenvalue weighted by Crippen LogP contribution is -2.22. The maximum absolute atomic E-state index is 12.3. The predicted molar refractivity (Wildman–Crippen MR) is 83.8 cm³/mol. The monoisotopic (exact) mass is 282 g/mol. The Bertz CT molecular complexity index is 764. The van der Waals surface area contributed by atoms with Crippen molar-refractivity contribution in [2.45, 2.75) is 6.54 Å². The molecule has 0 atom stereocenters. The van der Waals surface area contributed by atoms with Gasteiger partial charge in [0.05, 0.1) is 5.56 Å². The van der Waals surface area contributed by atoms with E-state index < -0.39 is 0 Å². The van der Waals surface area contributed by atoms with E-state index in [1.54, 1.807) is 11.3 Å². The van der Waals surface area contributed by atoms with Gasteiger partial charge in [-0.05, 0) is 17.7 Å². The van der Waals surface area contributed by atoms with Crippen molar-refractivity contribution < 1.29 is 4.79 Å². The Kier molecular flexibility index (Phi) is 3.39. The maximum atomic E-state index is 12.3. The van der Waals surface area contributed by atoms with Crippen molar-refractivity contribution >= 4 is 33.0 Å². The van der Waals surface area contributed by atoms with E-state index in [1.807, 2.05) is 53.9 Å². The fourth-order valence-corrected chi connectivity index (χ4v) is 3.06. The fourth-order valence-electron chi connectivity index (χ4n) is 2.12. The number of nitrogens with one attached hydrogen (secondary N) is 1. The van der Waals surface area contributed by atoms with Crippen molar-refractivity contribution in [3.63, 3.8) is 0 Å². The van der Waals surface area contributed by atoms with Crippen LogP contribution >= 0.6 is 11.3 Å². The molecule has 0 radical (unpaired) electrons. The number of nitrogen functional groups attached to an aromatic ring is 1. The molecule has 1 aromatic heterocycles. The number of hydrogen-bond acceptors (Lipinski definition) is 3. The quantitative estimate of drug-likeness (QED) is 0.723. The number of hydrogen-bond donors (Lipinski definition) is 2. The fraction of sp³-hybridized carbons (Fsp3) is 0.0625. The normalized spacial score (nSPS) is 10.6. The van der Waals surface area contributed by atoms with Gasteiger partial charge in [0.15, 0.2) is 0 Å². The maximum Gasteiger partial charge on any atom is 0.253 e. The van der Waals surface area contributed by atoms with Crippen LogP contribution in [0.25, 0.3) is 10.1 Å². The van der Waals surface area contributed by atoms with E-state index in [1.165, 1.54) is 0 Å². The zero-order valence-corrected chi connectivity index (χ0v) is 11.6. The predicted octanol–water partition coefficient (Wildman–Crippen LogP) is 3.41. The molecule has 0 unspecified atom stereocenters. The zero-order valence-electron chi connectivity index (χ0n) is 10.8. The van der Waals surface area contributed by atoms with Crippen molar-refractivity contribution in [1.29, 1.82) is 0 Å². The highest BCUT2D eigenvalue weighted by atomic mass is 32.1. The molecule has 2 aromatic carbocycles. The van der Waals surface area contributed by atoms with Gasteiger partial charge in [0.1, 0.15) is 0 Å².